The number of nitrogens with zero attached hydrogens (tertiary/aromatic N) is 8. The molecule has 14 nitrogen and oxygen atoms in total. The Labute approximate surface area is 346 Å². The molecule has 2 N–H and O–H groups in total. The van der Waals surface area contributed by atoms with Gasteiger partial charge in [-0.25, -0.2) is 23.2 Å². The summed E-state index contributed by atoms with van der Waals surface area (Å²) in [6.07, 6.45) is -3.90. The number of aromatic nitrogens is 6. The number of imide groups is 1. The summed E-state index contributed by atoms with van der Waals surface area (Å²) >= 11 is 0. The van der Waals surface area contributed by atoms with E-state index in [9.17, 15) is 44.3 Å². The van der Waals surface area contributed by atoms with Crippen LogP contribution in [-0.2, 0) is 40.9 Å². The molecule has 1 aliphatic carbocycles. The lowest BCUT2D eigenvalue weighted by molar-refractivity contribution is -0.142. The summed E-state index contributed by atoms with van der Waals surface area (Å²) in [5, 5.41) is 13.6. The van der Waals surface area contributed by atoms with E-state index < -0.39 is 51.3 Å². The summed E-state index contributed by atoms with van der Waals surface area (Å²) in [5.74, 6) is 0.347. The number of hydrogen-bond donors (Lipinski definition) is 2. The normalized spacial score (nSPS) is 20.0. The third-order valence-electron chi connectivity index (χ3n) is 11.6. The molecule has 0 spiro atoms. The van der Waals surface area contributed by atoms with Crippen molar-refractivity contribution in [3.05, 3.63) is 77.7 Å². The summed E-state index contributed by atoms with van der Waals surface area (Å²) in [6, 6.07) is 12.3. The molecule has 21 heteroatoms. The number of piperidine rings is 1. The van der Waals surface area contributed by atoms with E-state index in [1.165, 1.54) is 10.5 Å². The minimum absolute atomic E-state index is 0.164. The van der Waals surface area contributed by atoms with Gasteiger partial charge < -0.3 is 5.32 Å². The number of benzene rings is 2. The Morgan fingerprint density at radius 3 is 2.38 bits per heavy atom. The van der Waals surface area contributed by atoms with Gasteiger partial charge >= 0.3 is 18.4 Å². The number of amides is 3. The highest BCUT2D eigenvalue weighted by molar-refractivity contribution is 7.92. The summed E-state index contributed by atoms with van der Waals surface area (Å²) in [6.45, 7) is 0.976. The Morgan fingerprint density at radius 1 is 0.918 bits per heavy atom. The Balaban J connectivity index is 0.863. The van der Waals surface area contributed by atoms with E-state index in [-0.39, 0.29) is 54.2 Å². The van der Waals surface area contributed by atoms with E-state index in [0.717, 1.165) is 54.8 Å². The number of carbonyl (C=O) groups is 2. The quantitative estimate of drug-likeness (QED) is 0.143. The number of alkyl halides is 6. The van der Waals surface area contributed by atoms with Gasteiger partial charge in [-0.05, 0) is 92.9 Å². The van der Waals surface area contributed by atoms with Crippen molar-refractivity contribution in [1.82, 2.24) is 39.7 Å². The summed E-state index contributed by atoms with van der Waals surface area (Å²) < 4.78 is 110. The van der Waals surface area contributed by atoms with E-state index in [0.29, 0.717) is 42.0 Å². The first-order valence-electron chi connectivity index (χ1n) is 19.8. The zero-order chi connectivity index (χ0) is 43.3. The molecule has 2 aromatic carbocycles. The molecular formula is C40H42F6N10O4S. The predicted molar refractivity (Wildman–Crippen MR) is 211 cm³/mol. The zero-order valence-electron chi connectivity index (χ0n) is 32.9. The van der Waals surface area contributed by atoms with Gasteiger partial charge in [0, 0.05) is 55.9 Å². The van der Waals surface area contributed by atoms with Crippen LogP contribution in [0.15, 0.2) is 66.0 Å². The molecule has 3 aromatic heterocycles. The van der Waals surface area contributed by atoms with E-state index in [4.69, 9.17) is 0 Å². The molecule has 0 bridgehead atoms. The maximum Gasteiger partial charge on any atom is 0.419 e. The number of nitrogens with one attached hydrogen (secondary N) is 2. The fourth-order valence-corrected chi connectivity index (χ4v) is 10.4. The first kappa shape index (κ1) is 42.1. The highest BCUT2D eigenvalue weighted by Gasteiger charge is 2.38. The Morgan fingerprint density at radius 2 is 1.67 bits per heavy atom. The fourth-order valence-electron chi connectivity index (χ4n) is 8.51. The molecule has 61 heavy (non-hydrogen) atoms. The van der Waals surface area contributed by atoms with Crippen LogP contribution in [0.25, 0.3) is 22.2 Å². The van der Waals surface area contributed by atoms with Crippen molar-refractivity contribution in [2.45, 2.75) is 92.5 Å². The van der Waals surface area contributed by atoms with Crippen LogP contribution in [-0.4, -0.2) is 91.9 Å². The molecule has 8 rings (SSSR count). The van der Waals surface area contributed by atoms with Crippen LogP contribution >= 0.6 is 0 Å². The smallest absolute Gasteiger partial charge is 0.351 e. The molecule has 3 aliphatic rings. The van der Waals surface area contributed by atoms with E-state index in [1.54, 1.807) is 22.9 Å². The minimum atomic E-state index is -4.88. The van der Waals surface area contributed by atoms with Crippen LogP contribution in [0.1, 0.15) is 67.6 Å². The Bertz CT molecular complexity index is 2560. The first-order chi connectivity index (χ1) is 28.9. The van der Waals surface area contributed by atoms with Crippen molar-refractivity contribution in [3.8, 4) is 11.3 Å². The molecular weight excluding hydrogens is 831 g/mol. The number of fused-ring (bicyclic) bond motifs is 1. The lowest BCUT2D eigenvalue weighted by atomic mass is 9.89. The summed E-state index contributed by atoms with van der Waals surface area (Å²) in [7, 11) is -1.88. The lowest BCUT2D eigenvalue weighted by Crippen LogP contribution is -2.49. The number of urea groups is 1. The Hall–Kier alpha value is -5.57. The van der Waals surface area contributed by atoms with Gasteiger partial charge in [0.1, 0.15) is 12.1 Å². The average molecular weight is 873 g/mol. The highest BCUT2D eigenvalue weighted by atomic mass is 32.2. The highest BCUT2D eigenvalue weighted by Crippen LogP contribution is 2.38. The maximum atomic E-state index is 13.9. The number of halogens is 6. The molecule has 5 heterocycles. The van der Waals surface area contributed by atoms with Gasteiger partial charge in [-0.1, -0.05) is 18.2 Å². The first-order valence-corrected chi connectivity index (χ1v) is 21.4. The van der Waals surface area contributed by atoms with Gasteiger partial charge in [-0.2, -0.15) is 36.5 Å². The number of aryl methyl sites for hydroxylation is 1. The summed E-state index contributed by atoms with van der Waals surface area (Å²) in [4.78, 5) is 36.0. The molecule has 3 amide bonds. The third kappa shape index (κ3) is 9.21. The monoisotopic (exact) mass is 872 g/mol. The van der Waals surface area contributed by atoms with Crippen molar-refractivity contribution >= 4 is 44.4 Å². The predicted octanol–water partition coefficient (Wildman–Crippen LogP) is 6.83. The minimum Gasteiger partial charge on any atom is -0.351 e. The molecule has 0 radical (unpaired) electrons. The topological polar surface area (TPSA) is 160 Å². The number of anilines is 2. The molecule has 0 atom stereocenters. The molecule has 2 aliphatic heterocycles. The van der Waals surface area contributed by atoms with Crippen molar-refractivity contribution in [3.63, 3.8) is 0 Å². The van der Waals surface area contributed by atoms with Crippen molar-refractivity contribution in [2.75, 3.05) is 29.9 Å². The van der Waals surface area contributed by atoms with Crippen LogP contribution in [0.3, 0.4) is 0 Å². The van der Waals surface area contributed by atoms with Crippen molar-refractivity contribution < 1.29 is 44.3 Å². The number of hydrogen-bond acceptors (Lipinski definition) is 10. The van der Waals surface area contributed by atoms with Crippen LogP contribution in [0.2, 0.25) is 0 Å². The van der Waals surface area contributed by atoms with E-state index in [2.05, 4.69) is 47.8 Å². The van der Waals surface area contributed by atoms with Gasteiger partial charge in [-0.3, -0.25) is 29.3 Å². The van der Waals surface area contributed by atoms with E-state index in [1.807, 2.05) is 19.2 Å². The van der Waals surface area contributed by atoms with Crippen molar-refractivity contribution in [1.29, 1.82) is 0 Å². The molecule has 2 saturated heterocycles. The average Bonchev–Trinajstić information content (AvgIpc) is 3.80. The summed E-state index contributed by atoms with van der Waals surface area (Å²) in [5.41, 5.74) is 0.831. The SMILES string of the molecule is Cn1nc(N2CCC(=O)NC2=O)c2ccc(C3CCN(Cc4cccc(S(=O)(=O)C5CCC(Nc6ncc(C(F)(F)F)c(-c7cnn(CC(F)(F)F)c7)n6)CC5)c4)CC3)cc21. The van der Waals surface area contributed by atoms with Crippen LogP contribution in [0.5, 0.6) is 0 Å². The van der Waals surface area contributed by atoms with Crippen LogP contribution in [0.4, 0.5) is 42.9 Å². The largest absolute Gasteiger partial charge is 0.419 e. The standard InChI is InChI=1S/C40H42F6N10O4S/c1-53-33-18-26(5-10-31(33)36(52-53)56-16-13-34(57)50-38(56)58)25-11-14-54(15-12-25)21-24-3-2-4-30(17-24)61(59,60)29-8-6-28(7-9-29)49-37-47-20-32(40(44,45)46)35(51-37)27-19-48-55(22-27)23-39(41,42)43/h2-5,10,17-20,22,25,28-29H,6-9,11-16,21,23H2,1H3,(H,47,49,51)(H,50,57,58). The second-order valence-corrected chi connectivity index (χ2v) is 18.1. The van der Waals surface area contributed by atoms with Crippen molar-refractivity contribution in [2.24, 2.45) is 7.05 Å². The fraction of sp³-hybridized carbons (Fsp3) is 0.450. The number of rotatable bonds is 10. The van der Waals surface area contributed by atoms with Crippen LogP contribution < -0.4 is 15.5 Å². The van der Waals surface area contributed by atoms with Gasteiger partial charge in [-0.15, -0.1) is 0 Å². The van der Waals surface area contributed by atoms with Crippen LogP contribution in [0, 0.1) is 0 Å². The molecule has 324 valence electrons. The lowest BCUT2D eigenvalue weighted by Gasteiger charge is -2.32. The molecule has 3 fully saturated rings. The molecule has 1 saturated carbocycles. The third-order valence-corrected chi connectivity index (χ3v) is 13.9. The Kier molecular flexibility index (Phi) is 11.3. The number of likely N-dealkylation sites (tertiary alicyclic amines) is 1. The maximum absolute atomic E-state index is 13.9. The van der Waals surface area contributed by atoms with Gasteiger partial charge in [0.05, 0.1) is 27.6 Å². The molecule has 0 unspecified atom stereocenters. The van der Waals surface area contributed by atoms with Gasteiger partial charge in [0.15, 0.2) is 15.7 Å². The number of sulfone groups is 1. The van der Waals surface area contributed by atoms with Gasteiger partial charge in [0.25, 0.3) is 0 Å². The van der Waals surface area contributed by atoms with E-state index >= 15 is 0 Å². The number of carbonyl (C=O) groups excluding carboxylic acids is 2. The second kappa shape index (κ2) is 16.4. The second-order valence-electron chi connectivity index (χ2n) is 15.8. The molecule has 5 aromatic rings. The zero-order valence-corrected chi connectivity index (χ0v) is 33.7. The van der Waals surface area contributed by atoms with Gasteiger partial charge in [0.2, 0.25) is 11.9 Å².